The van der Waals surface area contributed by atoms with Gasteiger partial charge in [0.05, 0.1) is 35.0 Å². The molecule has 0 aliphatic rings. The van der Waals surface area contributed by atoms with Gasteiger partial charge in [0.25, 0.3) is 0 Å². The van der Waals surface area contributed by atoms with Gasteiger partial charge in [0, 0.05) is 19.2 Å². The molecule has 0 radical (unpaired) electrons. The topological polar surface area (TPSA) is 115 Å². The summed E-state index contributed by atoms with van der Waals surface area (Å²) in [7, 11) is 8.09. The van der Waals surface area contributed by atoms with Gasteiger partial charge in [-0.1, -0.05) is 0 Å². The van der Waals surface area contributed by atoms with Crippen molar-refractivity contribution in [2.45, 2.75) is 13.1 Å². The van der Waals surface area contributed by atoms with Crippen LogP contribution in [0.4, 0.5) is 0 Å². The smallest absolute Gasteiger partial charge is 0.203 e. The summed E-state index contributed by atoms with van der Waals surface area (Å²) in [5.41, 5.74) is 1.85. The first kappa shape index (κ1) is 22.7. The molecule has 0 unspecified atom stereocenters. The number of aromatic amines is 1. The fourth-order valence-electron chi connectivity index (χ4n) is 3.05. The van der Waals surface area contributed by atoms with E-state index in [9.17, 15) is 0 Å². The largest absolute Gasteiger partial charge is 0.497 e. The minimum absolute atomic E-state index is 0.429. The third-order valence-corrected chi connectivity index (χ3v) is 4.71. The zero-order valence-electron chi connectivity index (χ0n) is 18.9. The first-order valence-electron chi connectivity index (χ1n) is 9.91. The summed E-state index contributed by atoms with van der Waals surface area (Å²) >= 11 is 0. The van der Waals surface area contributed by atoms with E-state index in [2.05, 4.69) is 30.8 Å². The number of aliphatic imine (C=N–C) groups is 1. The van der Waals surface area contributed by atoms with Gasteiger partial charge in [-0.05, 0) is 42.0 Å². The number of nitrogens with zero attached hydrogens (tertiary/aromatic N) is 3. The maximum absolute atomic E-state index is 5.40. The minimum Gasteiger partial charge on any atom is -0.497 e. The summed E-state index contributed by atoms with van der Waals surface area (Å²) in [4.78, 5) is 8.78. The quantitative estimate of drug-likeness (QED) is 0.343. The third kappa shape index (κ3) is 5.39. The van der Waals surface area contributed by atoms with Crippen LogP contribution in [-0.4, -0.2) is 56.6 Å². The van der Waals surface area contributed by atoms with Gasteiger partial charge < -0.3 is 29.6 Å². The normalized spacial score (nSPS) is 11.1. The highest BCUT2D eigenvalue weighted by atomic mass is 16.5. The molecule has 2 aromatic carbocycles. The average Bonchev–Trinajstić information content (AvgIpc) is 3.32. The lowest BCUT2D eigenvalue weighted by Gasteiger charge is -2.15. The molecule has 0 aliphatic heterocycles. The highest BCUT2D eigenvalue weighted by Crippen LogP contribution is 2.38. The molecule has 0 bridgehead atoms. The Bertz CT molecular complexity index is 1020. The maximum atomic E-state index is 5.40. The van der Waals surface area contributed by atoms with E-state index in [-0.39, 0.29) is 0 Å². The number of ether oxygens (including phenoxy) is 4. The molecule has 0 aliphatic carbocycles. The first-order chi connectivity index (χ1) is 15.6. The molecule has 10 nitrogen and oxygen atoms in total. The van der Waals surface area contributed by atoms with Crippen molar-refractivity contribution in [1.29, 1.82) is 0 Å². The Kier molecular flexibility index (Phi) is 7.74. The third-order valence-electron chi connectivity index (χ3n) is 4.71. The van der Waals surface area contributed by atoms with Crippen molar-refractivity contribution in [1.82, 2.24) is 25.8 Å². The van der Waals surface area contributed by atoms with E-state index in [0.717, 1.165) is 16.9 Å². The van der Waals surface area contributed by atoms with Gasteiger partial charge in [-0.2, -0.15) is 5.10 Å². The highest BCUT2D eigenvalue weighted by Gasteiger charge is 2.13. The Morgan fingerprint density at radius 2 is 1.56 bits per heavy atom. The van der Waals surface area contributed by atoms with Gasteiger partial charge in [0.1, 0.15) is 11.6 Å². The fourth-order valence-corrected chi connectivity index (χ4v) is 3.05. The van der Waals surface area contributed by atoms with E-state index >= 15 is 0 Å². The molecule has 0 spiro atoms. The number of rotatable bonds is 9. The molecule has 0 fully saturated rings. The van der Waals surface area contributed by atoms with E-state index < -0.39 is 0 Å². The molecule has 0 saturated carbocycles. The minimum atomic E-state index is 0.429. The number of H-pyrrole nitrogens is 1. The second kappa shape index (κ2) is 10.9. The lowest BCUT2D eigenvalue weighted by Crippen LogP contribution is -2.36. The number of aromatic nitrogens is 3. The van der Waals surface area contributed by atoms with Crippen molar-refractivity contribution in [3.63, 3.8) is 0 Å². The zero-order chi connectivity index (χ0) is 22.9. The van der Waals surface area contributed by atoms with Crippen LogP contribution in [-0.2, 0) is 13.1 Å². The summed E-state index contributed by atoms with van der Waals surface area (Å²) in [6.07, 6.45) is 0. The van der Waals surface area contributed by atoms with Crippen LogP contribution in [0.2, 0.25) is 0 Å². The summed E-state index contributed by atoms with van der Waals surface area (Å²) in [5, 5.41) is 13.7. The zero-order valence-corrected chi connectivity index (χ0v) is 18.9. The van der Waals surface area contributed by atoms with Crippen LogP contribution in [0.25, 0.3) is 11.4 Å². The standard InChI is InChI=1S/C22H28N6O4/c1-23-22(24-12-14-10-17(30-3)20(32-5)18(11-14)31-4)25-13-19-26-21(28-27-19)15-6-8-16(29-2)9-7-15/h6-11H,12-13H2,1-5H3,(H2,23,24,25)(H,26,27,28). The van der Waals surface area contributed by atoms with Crippen molar-refractivity contribution in [2.24, 2.45) is 4.99 Å². The lowest BCUT2D eigenvalue weighted by atomic mass is 10.2. The Morgan fingerprint density at radius 1 is 0.906 bits per heavy atom. The number of nitrogens with one attached hydrogen (secondary N) is 3. The van der Waals surface area contributed by atoms with Crippen LogP contribution in [0, 0.1) is 0 Å². The second-order valence-corrected chi connectivity index (χ2v) is 6.65. The summed E-state index contributed by atoms with van der Waals surface area (Å²) in [5.74, 6) is 4.45. The van der Waals surface area contributed by atoms with E-state index in [1.807, 2.05) is 36.4 Å². The Morgan fingerprint density at radius 3 is 2.12 bits per heavy atom. The number of methoxy groups -OCH3 is 4. The van der Waals surface area contributed by atoms with Crippen LogP contribution in [0.3, 0.4) is 0 Å². The predicted molar refractivity (Wildman–Crippen MR) is 122 cm³/mol. The molecule has 0 saturated heterocycles. The van der Waals surface area contributed by atoms with E-state index in [1.165, 1.54) is 0 Å². The van der Waals surface area contributed by atoms with Gasteiger partial charge in [0.2, 0.25) is 5.75 Å². The van der Waals surface area contributed by atoms with Crippen molar-refractivity contribution >= 4 is 5.96 Å². The van der Waals surface area contributed by atoms with Gasteiger partial charge >= 0.3 is 0 Å². The van der Waals surface area contributed by atoms with Crippen LogP contribution in [0.1, 0.15) is 11.4 Å². The predicted octanol–water partition coefficient (Wildman–Crippen LogP) is 2.37. The SMILES string of the molecule is CN=C(NCc1cc(OC)c(OC)c(OC)c1)NCc1nc(-c2ccc(OC)cc2)n[nH]1. The molecule has 32 heavy (non-hydrogen) atoms. The molecule has 3 aromatic rings. The van der Waals surface area contributed by atoms with Gasteiger partial charge in [-0.15, -0.1) is 0 Å². The molecule has 1 aromatic heterocycles. The van der Waals surface area contributed by atoms with Crippen LogP contribution < -0.4 is 29.6 Å². The monoisotopic (exact) mass is 440 g/mol. The highest BCUT2D eigenvalue weighted by molar-refractivity contribution is 5.79. The second-order valence-electron chi connectivity index (χ2n) is 6.65. The van der Waals surface area contributed by atoms with Crippen molar-refractivity contribution < 1.29 is 18.9 Å². The number of guanidine groups is 1. The number of hydrogen-bond donors (Lipinski definition) is 3. The molecule has 0 amide bonds. The van der Waals surface area contributed by atoms with Gasteiger partial charge in [-0.25, -0.2) is 4.98 Å². The Hall–Kier alpha value is -3.95. The summed E-state index contributed by atoms with van der Waals surface area (Å²) < 4.78 is 21.4. The number of hydrogen-bond acceptors (Lipinski definition) is 7. The summed E-state index contributed by atoms with van der Waals surface area (Å²) in [6, 6.07) is 11.4. The van der Waals surface area contributed by atoms with Crippen molar-refractivity contribution in [2.75, 3.05) is 35.5 Å². The molecule has 10 heteroatoms. The molecule has 170 valence electrons. The first-order valence-corrected chi connectivity index (χ1v) is 9.91. The van der Waals surface area contributed by atoms with Crippen LogP contribution in [0.5, 0.6) is 23.0 Å². The summed E-state index contributed by atoms with van der Waals surface area (Å²) in [6.45, 7) is 0.933. The van der Waals surface area contributed by atoms with Crippen molar-refractivity contribution in [3.8, 4) is 34.4 Å². The van der Waals surface area contributed by atoms with Gasteiger partial charge in [-0.3, -0.25) is 10.1 Å². The number of benzene rings is 2. The molecule has 3 N–H and O–H groups in total. The maximum Gasteiger partial charge on any atom is 0.203 e. The molecular weight excluding hydrogens is 412 g/mol. The van der Waals surface area contributed by atoms with E-state index in [0.29, 0.717) is 47.9 Å². The van der Waals surface area contributed by atoms with Gasteiger partial charge in [0.15, 0.2) is 23.3 Å². The Labute approximate surface area is 187 Å². The van der Waals surface area contributed by atoms with Crippen LogP contribution in [0.15, 0.2) is 41.4 Å². The molecule has 0 atom stereocenters. The van der Waals surface area contributed by atoms with Crippen LogP contribution >= 0.6 is 0 Å². The average molecular weight is 441 g/mol. The Balaban J connectivity index is 1.59. The van der Waals surface area contributed by atoms with E-state index in [4.69, 9.17) is 18.9 Å². The molecule has 1 heterocycles. The molecule has 3 rings (SSSR count). The fraction of sp³-hybridized carbons (Fsp3) is 0.318. The van der Waals surface area contributed by atoms with Crippen molar-refractivity contribution in [3.05, 3.63) is 47.8 Å². The lowest BCUT2D eigenvalue weighted by molar-refractivity contribution is 0.323. The molecular formula is C22H28N6O4. The van der Waals surface area contributed by atoms with E-state index in [1.54, 1.807) is 35.5 Å².